The lowest BCUT2D eigenvalue weighted by Crippen LogP contribution is -2.52. The normalized spacial score (nSPS) is 24.3. The molecule has 8 heteroatoms. The molecule has 2 aromatic heterocycles. The number of hydrogen-bond acceptors (Lipinski definition) is 6. The lowest BCUT2D eigenvalue weighted by molar-refractivity contribution is -0.171. The van der Waals surface area contributed by atoms with Crippen molar-refractivity contribution in [1.82, 2.24) is 19.9 Å². The molecule has 8 nitrogen and oxygen atoms in total. The second kappa shape index (κ2) is 7.81. The molecule has 0 spiro atoms. The van der Waals surface area contributed by atoms with Crippen molar-refractivity contribution in [1.29, 1.82) is 0 Å². The van der Waals surface area contributed by atoms with Crippen molar-refractivity contribution in [2.24, 2.45) is 11.8 Å². The van der Waals surface area contributed by atoms with Gasteiger partial charge in [-0.3, -0.25) is 9.59 Å². The Morgan fingerprint density at radius 1 is 0.923 bits per heavy atom. The number of H-pyrrole nitrogens is 2. The predicted molar refractivity (Wildman–Crippen MR) is 91.9 cm³/mol. The summed E-state index contributed by atoms with van der Waals surface area (Å²) in [5.74, 6) is -2.95. The molecule has 0 aliphatic heterocycles. The molecule has 2 N–H and O–H groups in total. The van der Waals surface area contributed by atoms with Gasteiger partial charge in [0.1, 0.15) is 13.2 Å². The molecule has 4 atom stereocenters. The smallest absolute Gasteiger partial charge is 0.310 e. The van der Waals surface area contributed by atoms with Crippen molar-refractivity contribution >= 4 is 11.9 Å². The van der Waals surface area contributed by atoms with Gasteiger partial charge >= 0.3 is 11.9 Å². The molecular formula is C18H20N4O4. The zero-order valence-electron chi connectivity index (χ0n) is 14.1. The number of nitrogens with one attached hydrogen (secondary N) is 2. The van der Waals surface area contributed by atoms with Gasteiger partial charge in [-0.05, 0) is 0 Å². The molecule has 136 valence electrons. The Kier molecular flexibility index (Phi) is 5.31. The molecule has 0 aromatic carbocycles. The predicted octanol–water partition coefficient (Wildman–Crippen LogP) is 1.70. The van der Waals surface area contributed by atoms with E-state index in [2.05, 4.69) is 33.1 Å². The van der Waals surface area contributed by atoms with Crippen molar-refractivity contribution in [2.45, 2.75) is 11.8 Å². The molecule has 1 aliphatic rings. The van der Waals surface area contributed by atoms with Crippen LogP contribution in [0.1, 0.15) is 23.2 Å². The van der Waals surface area contributed by atoms with Gasteiger partial charge in [-0.1, -0.05) is 25.3 Å². The van der Waals surface area contributed by atoms with Gasteiger partial charge in [0, 0.05) is 35.6 Å². The van der Waals surface area contributed by atoms with Crippen molar-refractivity contribution in [2.75, 3.05) is 13.2 Å². The lowest BCUT2D eigenvalue weighted by Gasteiger charge is -2.47. The van der Waals surface area contributed by atoms with Gasteiger partial charge in [0.2, 0.25) is 0 Å². The van der Waals surface area contributed by atoms with Crippen LogP contribution >= 0.6 is 0 Å². The fourth-order valence-electron chi connectivity index (χ4n) is 3.48. The van der Waals surface area contributed by atoms with Crippen LogP contribution in [0.2, 0.25) is 0 Å². The van der Waals surface area contributed by atoms with Crippen molar-refractivity contribution < 1.29 is 19.1 Å². The third-order valence-electron chi connectivity index (χ3n) is 4.54. The van der Waals surface area contributed by atoms with Crippen molar-refractivity contribution in [3.63, 3.8) is 0 Å². The zero-order chi connectivity index (χ0) is 18.5. The summed E-state index contributed by atoms with van der Waals surface area (Å²) in [6.45, 7) is 7.25. The van der Waals surface area contributed by atoms with Crippen molar-refractivity contribution in [3.8, 4) is 0 Å². The first kappa shape index (κ1) is 17.7. The van der Waals surface area contributed by atoms with Gasteiger partial charge in [0.25, 0.3) is 0 Å². The summed E-state index contributed by atoms with van der Waals surface area (Å²) in [4.78, 5) is 39.4. The first-order valence-corrected chi connectivity index (χ1v) is 8.20. The fourth-order valence-corrected chi connectivity index (χ4v) is 3.48. The number of hydrogen-bond donors (Lipinski definition) is 2. The van der Waals surface area contributed by atoms with Gasteiger partial charge in [-0.25, -0.2) is 9.97 Å². The van der Waals surface area contributed by atoms with E-state index in [4.69, 9.17) is 9.47 Å². The van der Waals surface area contributed by atoms with Gasteiger partial charge in [-0.15, -0.1) is 0 Å². The molecule has 0 unspecified atom stereocenters. The molecule has 2 aromatic rings. The summed E-state index contributed by atoms with van der Waals surface area (Å²) >= 11 is 0. The highest BCUT2D eigenvalue weighted by atomic mass is 16.5. The third kappa shape index (κ3) is 3.17. The van der Waals surface area contributed by atoms with E-state index in [9.17, 15) is 9.59 Å². The number of rotatable bonds is 8. The first-order chi connectivity index (χ1) is 12.7. The topological polar surface area (TPSA) is 110 Å². The minimum atomic E-state index is -0.694. The van der Waals surface area contributed by atoms with Crippen LogP contribution in [0.25, 0.3) is 0 Å². The lowest BCUT2D eigenvalue weighted by atomic mass is 9.54. The van der Waals surface area contributed by atoms with E-state index in [0.717, 1.165) is 11.4 Å². The number of carbonyl (C=O) groups is 2. The fraction of sp³-hybridized carbons (Fsp3) is 0.333. The van der Waals surface area contributed by atoms with Crippen LogP contribution in [0.3, 0.4) is 0 Å². The van der Waals surface area contributed by atoms with Crippen LogP contribution in [-0.2, 0) is 19.1 Å². The van der Waals surface area contributed by atoms with E-state index in [1.165, 1.54) is 24.8 Å². The molecule has 0 radical (unpaired) electrons. The van der Waals surface area contributed by atoms with E-state index in [0.29, 0.717) is 0 Å². The number of ether oxygens (including phenoxy) is 2. The summed E-state index contributed by atoms with van der Waals surface area (Å²) < 4.78 is 10.5. The largest absolute Gasteiger partial charge is 0.461 e. The van der Waals surface area contributed by atoms with Gasteiger partial charge in [-0.2, -0.15) is 0 Å². The highest BCUT2D eigenvalue weighted by molar-refractivity contribution is 5.87. The standard InChI is InChI=1S/C18H20N4O4/c1-3-5-25-17(23)15-13(11-7-19-9-21-11)14(12-8-20-10-22-12)16(15)18(24)26-6-4-2/h3-4,7-10,13-16H,1-2,5-6H2,(H,19,21)(H,20,22)/t13-,14-,15+,16+/m1/s1. The van der Waals surface area contributed by atoms with E-state index in [-0.39, 0.29) is 25.0 Å². The average Bonchev–Trinajstić information content (AvgIpc) is 3.31. The number of aromatic nitrogens is 4. The number of imidazole rings is 2. The number of esters is 2. The number of nitrogens with zero attached hydrogens (tertiary/aromatic N) is 2. The second-order valence-corrected chi connectivity index (χ2v) is 5.95. The van der Waals surface area contributed by atoms with E-state index < -0.39 is 23.8 Å². The minimum Gasteiger partial charge on any atom is -0.461 e. The highest BCUT2D eigenvalue weighted by Crippen LogP contribution is 2.57. The third-order valence-corrected chi connectivity index (χ3v) is 4.54. The molecule has 3 rings (SSSR count). The molecule has 0 saturated heterocycles. The van der Waals surface area contributed by atoms with Gasteiger partial charge in [0.05, 0.1) is 24.5 Å². The molecule has 1 saturated carbocycles. The maximum Gasteiger partial charge on any atom is 0.310 e. The van der Waals surface area contributed by atoms with Gasteiger partial charge < -0.3 is 19.4 Å². The first-order valence-electron chi connectivity index (χ1n) is 8.20. The van der Waals surface area contributed by atoms with Crippen LogP contribution in [0.5, 0.6) is 0 Å². The summed E-state index contributed by atoms with van der Waals surface area (Å²) in [7, 11) is 0. The monoisotopic (exact) mass is 356 g/mol. The molecular weight excluding hydrogens is 336 g/mol. The van der Waals surface area contributed by atoms with E-state index in [1.807, 2.05) is 0 Å². The summed E-state index contributed by atoms with van der Waals surface area (Å²) in [6.07, 6.45) is 9.34. The Bertz CT molecular complexity index is 703. The van der Waals surface area contributed by atoms with Crippen LogP contribution in [-0.4, -0.2) is 45.1 Å². The maximum atomic E-state index is 12.6. The van der Waals surface area contributed by atoms with E-state index >= 15 is 0 Å². The maximum absolute atomic E-state index is 12.6. The molecule has 2 heterocycles. The molecule has 26 heavy (non-hydrogen) atoms. The molecule has 0 amide bonds. The molecule has 1 aliphatic carbocycles. The Morgan fingerprint density at radius 3 is 1.65 bits per heavy atom. The zero-order valence-corrected chi connectivity index (χ0v) is 14.1. The highest BCUT2D eigenvalue weighted by Gasteiger charge is 2.60. The summed E-state index contributed by atoms with van der Waals surface area (Å²) in [6, 6.07) is 0. The SMILES string of the molecule is C=CCOC(=O)[C@@H]1[C@@H](C(=O)OCC=C)[C@H](c2cnc[nH]2)[C@H]1c1cnc[nH]1. The summed E-state index contributed by atoms with van der Waals surface area (Å²) in [5.41, 5.74) is 1.50. The van der Waals surface area contributed by atoms with Crippen LogP contribution in [0.15, 0.2) is 50.4 Å². The van der Waals surface area contributed by atoms with Crippen molar-refractivity contribution in [3.05, 3.63) is 61.7 Å². The Hall–Kier alpha value is -3.16. The number of carbonyl (C=O) groups excluding carboxylic acids is 2. The molecule has 0 bridgehead atoms. The number of aromatic amines is 2. The molecule has 1 fully saturated rings. The second-order valence-electron chi connectivity index (χ2n) is 5.95. The van der Waals surface area contributed by atoms with Crippen LogP contribution < -0.4 is 0 Å². The Labute approximate surface area is 150 Å². The minimum absolute atomic E-state index is 0.0776. The van der Waals surface area contributed by atoms with E-state index in [1.54, 1.807) is 12.4 Å². The average molecular weight is 356 g/mol. The summed E-state index contributed by atoms with van der Waals surface area (Å²) in [5, 5.41) is 0. The quantitative estimate of drug-likeness (QED) is 0.550. The van der Waals surface area contributed by atoms with Crippen LogP contribution in [0, 0.1) is 11.8 Å². The van der Waals surface area contributed by atoms with Gasteiger partial charge in [0.15, 0.2) is 0 Å². The van der Waals surface area contributed by atoms with Crippen LogP contribution in [0.4, 0.5) is 0 Å². The Balaban J connectivity index is 1.95. The Morgan fingerprint density at radius 2 is 1.35 bits per heavy atom.